The van der Waals surface area contributed by atoms with E-state index < -0.39 is 0 Å². The van der Waals surface area contributed by atoms with Gasteiger partial charge in [-0.3, -0.25) is 0 Å². The zero-order chi connectivity index (χ0) is 19.2. The Hall–Kier alpha value is -1.23. The van der Waals surface area contributed by atoms with Crippen LogP contribution in [0.25, 0.3) is 0 Å². The highest BCUT2D eigenvalue weighted by molar-refractivity contribution is 6.55. The number of benzene rings is 1. The highest BCUT2D eigenvalue weighted by Crippen LogP contribution is 2.31. The number of carbonyl (C=O) groups excluding carboxylic acids is 1. The highest BCUT2D eigenvalue weighted by Gasteiger charge is 2.11. The van der Waals surface area contributed by atoms with Crippen molar-refractivity contribution in [2.24, 2.45) is 0 Å². The van der Waals surface area contributed by atoms with Gasteiger partial charge in [-0.05, 0) is 55.0 Å². The van der Waals surface area contributed by atoms with Crippen LogP contribution in [0, 0.1) is 0 Å². The predicted molar refractivity (Wildman–Crippen MR) is 107 cm³/mol. The summed E-state index contributed by atoms with van der Waals surface area (Å²) in [5.41, 5.74) is 2.25. The molecule has 0 atom stereocenters. The van der Waals surface area contributed by atoms with Crippen LogP contribution in [0.5, 0.6) is 11.5 Å². The zero-order valence-electron chi connectivity index (χ0n) is 15.6. The number of unbranched alkanes of at least 4 members (excludes halogenated alkanes) is 1. The summed E-state index contributed by atoms with van der Waals surface area (Å²) in [6.07, 6.45) is 6.48. The summed E-state index contributed by atoms with van der Waals surface area (Å²) in [4.78, 5) is 10.2. The SMILES string of the molecule is CCc1cc(OCC=C(Cl)Cl)cc(CC)c1OCCCCOCCC=O. The molecule has 0 unspecified atom stereocenters. The summed E-state index contributed by atoms with van der Waals surface area (Å²) in [6, 6.07) is 4.01. The molecule has 0 N–H and O–H groups in total. The average Bonchev–Trinajstić information content (AvgIpc) is 2.63. The van der Waals surface area contributed by atoms with Crippen LogP contribution in [0.15, 0.2) is 22.7 Å². The van der Waals surface area contributed by atoms with Gasteiger partial charge in [-0.1, -0.05) is 37.0 Å². The molecule has 1 aromatic rings. The number of rotatable bonds is 14. The molecule has 0 aliphatic rings. The number of hydrogen-bond donors (Lipinski definition) is 0. The molecule has 0 aromatic heterocycles. The molecular formula is C20H28Cl2O4. The maximum Gasteiger partial charge on any atom is 0.125 e. The molecule has 0 heterocycles. The number of carbonyl (C=O) groups is 1. The van der Waals surface area contributed by atoms with Crippen LogP contribution in [0.3, 0.4) is 0 Å². The zero-order valence-corrected chi connectivity index (χ0v) is 17.1. The van der Waals surface area contributed by atoms with Crippen LogP contribution in [-0.4, -0.2) is 32.7 Å². The summed E-state index contributed by atoms with van der Waals surface area (Å²) in [7, 11) is 0. The Kier molecular flexibility index (Phi) is 12.2. The Morgan fingerprint density at radius 1 is 1.00 bits per heavy atom. The summed E-state index contributed by atoms with van der Waals surface area (Å²) < 4.78 is 17.3. The van der Waals surface area contributed by atoms with Crippen molar-refractivity contribution >= 4 is 29.5 Å². The smallest absolute Gasteiger partial charge is 0.125 e. The lowest BCUT2D eigenvalue weighted by Gasteiger charge is -2.17. The van der Waals surface area contributed by atoms with Crippen molar-refractivity contribution in [3.63, 3.8) is 0 Å². The van der Waals surface area contributed by atoms with Crippen molar-refractivity contribution in [3.05, 3.63) is 33.8 Å². The van der Waals surface area contributed by atoms with E-state index in [1.54, 1.807) is 6.08 Å². The average molecular weight is 403 g/mol. The monoisotopic (exact) mass is 402 g/mol. The second-order valence-corrected chi connectivity index (χ2v) is 6.71. The van der Waals surface area contributed by atoms with Gasteiger partial charge in [0.15, 0.2) is 0 Å². The van der Waals surface area contributed by atoms with Crippen LogP contribution < -0.4 is 9.47 Å². The van der Waals surface area contributed by atoms with Crippen molar-refractivity contribution in [1.82, 2.24) is 0 Å². The normalized spacial score (nSPS) is 10.5. The first-order chi connectivity index (χ1) is 12.6. The molecule has 0 amide bonds. The fourth-order valence-electron chi connectivity index (χ4n) is 2.43. The van der Waals surface area contributed by atoms with E-state index in [0.717, 1.165) is 54.6 Å². The molecule has 1 aromatic carbocycles. The molecule has 0 saturated carbocycles. The Balaban J connectivity index is 2.57. The fourth-order valence-corrected chi connectivity index (χ4v) is 2.56. The first-order valence-corrected chi connectivity index (χ1v) is 9.81. The minimum atomic E-state index is 0.200. The van der Waals surface area contributed by atoms with Crippen molar-refractivity contribution in [1.29, 1.82) is 0 Å². The molecule has 0 bridgehead atoms. The number of aryl methyl sites for hydroxylation is 2. The number of hydrogen-bond acceptors (Lipinski definition) is 4. The van der Waals surface area contributed by atoms with Crippen LogP contribution in [0.2, 0.25) is 0 Å². The van der Waals surface area contributed by atoms with Crippen molar-refractivity contribution in [2.45, 2.75) is 46.0 Å². The largest absolute Gasteiger partial charge is 0.493 e. The van der Waals surface area contributed by atoms with E-state index in [1.807, 2.05) is 12.1 Å². The molecule has 0 saturated heterocycles. The molecule has 0 aliphatic carbocycles. The fraction of sp³-hybridized carbons (Fsp3) is 0.550. The summed E-state index contributed by atoms with van der Waals surface area (Å²) >= 11 is 11.2. The third kappa shape index (κ3) is 8.93. The van der Waals surface area contributed by atoms with E-state index in [1.165, 1.54) is 0 Å². The topological polar surface area (TPSA) is 44.8 Å². The molecule has 0 fully saturated rings. The molecule has 0 spiro atoms. The van der Waals surface area contributed by atoms with Gasteiger partial charge in [0.2, 0.25) is 0 Å². The van der Waals surface area contributed by atoms with Gasteiger partial charge >= 0.3 is 0 Å². The van der Waals surface area contributed by atoms with Crippen molar-refractivity contribution < 1.29 is 19.0 Å². The third-order valence-corrected chi connectivity index (χ3v) is 4.08. The summed E-state index contributed by atoms with van der Waals surface area (Å²) in [5, 5.41) is 0. The molecule has 146 valence electrons. The third-order valence-electron chi connectivity index (χ3n) is 3.78. The van der Waals surface area contributed by atoms with Gasteiger partial charge in [-0.15, -0.1) is 0 Å². The predicted octanol–water partition coefficient (Wildman–Crippen LogP) is 5.27. The second kappa shape index (κ2) is 13.9. The van der Waals surface area contributed by atoms with E-state index in [0.29, 0.717) is 32.8 Å². The van der Waals surface area contributed by atoms with Gasteiger partial charge in [0.25, 0.3) is 0 Å². The molecule has 26 heavy (non-hydrogen) atoms. The Labute approximate surface area is 166 Å². The van der Waals surface area contributed by atoms with Crippen LogP contribution in [0.1, 0.15) is 44.2 Å². The Morgan fingerprint density at radius 2 is 1.65 bits per heavy atom. The lowest BCUT2D eigenvalue weighted by Crippen LogP contribution is -2.06. The Morgan fingerprint density at radius 3 is 2.23 bits per heavy atom. The van der Waals surface area contributed by atoms with Gasteiger partial charge in [-0.2, -0.15) is 0 Å². The Bertz CT molecular complexity index is 544. The molecule has 0 radical (unpaired) electrons. The van der Waals surface area contributed by atoms with Crippen LogP contribution in [-0.2, 0) is 22.4 Å². The highest BCUT2D eigenvalue weighted by atomic mass is 35.5. The standard InChI is InChI=1S/C20H28Cl2O4/c1-3-16-14-18(25-13-8-19(21)22)15-17(4-2)20(16)26-12-6-5-10-24-11-7-9-23/h8-9,14-15H,3-7,10-13H2,1-2H3. The van der Waals surface area contributed by atoms with Gasteiger partial charge in [0.1, 0.15) is 28.9 Å². The van der Waals surface area contributed by atoms with Crippen LogP contribution in [0.4, 0.5) is 0 Å². The number of ether oxygens (including phenoxy) is 3. The maximum absolute atomic E-state index is 10.2. The van der Waals surface area contributed by atoms with E-state index in [9.17, 15) is 4.79 Å². The van der Waals surface area contributed by atoms with E-state index >= 15 is 0 Å². The lowest BCUT2D eigenvalue weighted by molar-refractivity contribution is -0.108. The molecule has 1 rings (SSSR count). The lowest BCUT2D eigenvalue weighted by atomic mass is 10.0. The van der Waals surface area contributed by atoms with Gasteiger partial charge in [-0.25, -0.2) is 0 Å². The summed E-state index contributed by atoms with van der Waals surface area (Å²) in [6.45, 7) is 6.32. The molecule has 6 heteroatoms. The van der Waals surface area contributed by atoms with E-state index in [-0.39, 0.29) is 4.49 Å². The first kappa shape index (κ1) is 22.8. The van der Waals surface area contributed by atoms with Crippen molar-refractivity contribution in [2.75, 3.05) is 26.4 Å². The molecular weight excluding hydrogens is 375 g/mol. The second-order valence-electron chi connectivity index (χ2n) is 5.71. The van der Waals surface area contributed by atoms with Crippen molar-refractivity contribution in [3.8, 4) is 11.5 Å². The molecule has 4 nitrogen and oxygen atoms in total. The first-order valence-electron chi connectivity index (χ1n) is 9.06. The number of halogens is 2. The van der Waals surface area contributed by atoms with Gasteiger partial charge < -0.3 is 19.0 Å². The number of aldehydes is 1. The quantitative estimate of drug-likeness (QED) is 0.313. The van der Waals surface area contributed by atoms with E-state index in [2.05, 4.69) is 13.8 Å². The maximum atomic E-state index is 10.2. The minimum Gasteiger partial charge on any atom is -0.493 e. The minimum absolute atomic E-state index is 0.200. The van der Waals surface area contributed by atoms with Gasteiger partial charge in [0.05, 0.1) is 13.2 Å². The van der Waals surface area contributed by atoms with Crippen LogP contribution >= 0.6 is 23.2 Å². The van der Waals surface area contributed by atoms with Gasteiger partial charge in [0, 0.05) is 13.0 Å². The van der Waals surface area contributed by atoms with E-state index in [4.69, 9.17) is 37.4 Å². The summed E-state index contributed by atoms with van der Waals surface area (Å²) in [5.74, 6) is 1.75. The molecule has 0 aliphatic heterocycles.